The minimum absolute atomic E-state index is 0.307. The van der Waals surface area contributed by atoms with Gasteiger partial charge in [0.25, 0.3) is 0 Å². The summed E-state index contributed by atoms with van der Waals surface area (Å²) in [5, 5.41) is 0. The van der Waals surface area contributed by atoms with Crippen molar-refractivity contribution in [2.45, 2.75) is 6.36 Å². The molecular formula is C13H7BrF4O. The molecular weight excluding hydrogens is 328 g/mol. The topological polar surface area (TPSA) is 9.23 Å². The van der Waals surface area contributed by atoms with Crippen molar-refractivity contribution in [1.29, 1.82) is 0 Å². The van der Waals surface area contributed by atoms with Crippen molar-refractivity contribution in [2.24, 2.45) is 0 Å². The average molecular weight is 335 g/mol. The Balaban J connectivity index is 2.27. The van der Waals surface area contributed by atoms with E-state index in [2.05, 4.69) is 20.7 Å². The molecule has 2 aromatic rings. The maximum Gasteiger partial charge on any atom is 0.573 e. The number of benzene rings is 2. The van der Waals surface area contributed by atoms with E-state index in [0.29, 0.717) is 15.6 Å². The summed E-state index contributed by atoms with van der Waals surface area (Å²) in [7, 11) is 0. The molecule has 0 bridgehead atoms. The Bertz CT molecular complexity index is 578. The van der Waals surface area contributed by atoms with Crippen LogP contribution in [0.1, 0.15) is 0 Å². The Morgan fingerprint density at radius 1 is 0.947 bits per heavy atom. The van der Waals surface area contributed by atoms with Gasteiger partial charge < -0.3 is 4.74 Å². The van der Waals surface area contributed by atoms with E-state index in [1.165, 1.54) is 18.2 Å². The van der Waals surface area contributed by atoms with E-state index in [9.17, 15) is 17.6 Å². The van der Waals surface area contributed by atoms with Crippen molar-refractivity contribution < 1.29 is 22.3 Å². The van der Waals surface area contributed by atoms with E-state index < -0.39 is 12.2 Å². The van der Waals surface area contributed by atoms with Gasteiger partial charge >= 0.3 is 6.36 Å². The van der Waals surface area contributed by atoms with E-state index in [1.54, 1.807) is 12.1 Å². The Labute approximate surface area is 114 Å². The predicted octanol–water partition coefficient (Wildman–Crippen LogP) is 5.15. The van der Waals surface area contributed by atoms with Crippen molar-refractivity contribution in [2.75, 3.05) is 0 Å². The highest BCUT2D eigenvalue weighted by Crippen LogP contribution is 2.29. The quantitative estimate of drug-likeness (QED) is 0.690. The molecule has 0 unspecified atom stereocenters. The molecule has 0 heterocycles. The summed E-state index contributed by atoms with van der Waals surface area (Å²) in [6.07, 6.45) is -4.73. The van der Waals surface area contributed by atoms with Gasteiger partial charge in [0.2, 0.25) is 0 Å². The second-order valence-electron chi connectivity index (χ2n) is 3.70. The number of hydrogen-bond acceptors (Lipinski definition) is 1. The molecule has 0 aliphatic rings. The lowest BCUT2D eigenvalue weighted by molar-refractivity contribution is -0.274. The van der Waals surface area contributed by atoms with Crippen molar-refractivity contribution in [3.8, 4) is 16.9 Å². The molecule has 100 valence electrons. The minimum Gasteiger partial charge on any atom is -0.406 e. The van der Waals surface area contributed by atoms with E-state index in [0.717, 1.165) is 12.1 Å². The molecule has 1 nitrogen and oxygen atoms in total. The van der Waals surface area contributed by atoms with Crippen LogP contribution >= 0.6 is 15.9 Å². The van der Waals surface area contributed by atoms with Gasteiger partial charge in [0.05, 0.1) is 0 Å². The Kier molecular flexibility index (Phi) is 3.80. The first kappa shape index (κ1) is 13.9. The van der Waals surface area contributed by atoms with Gasteiger partial charge in [0.15, 0.2) is 0 Å². The van der Waals surface area contributed by atoms with E-state index >= 15 is 0 Å². The molecule has 0 spiro atoms. The highest BCUT2D eigenvalue weighted by Gasteiger charge is 2.30. The van der Waals surface area contributed by atoms with Gasteiger partial charge in [-0.05, 0) is 29.8 Å². The highest BCUT2D eigenvalue weighted by molar-refractivity contribution is 9.10. The lowest BCUT2D eigenvalue weighted by atomic mass is 10.1. The molecule has 0 N–H and O–H groups in total. The van der Waals surface area contributed by atoms with Crippen LogP contribution in [0.4, 0.5) is 17.6 Å². The normalized spacial score (nSPS) is 11.4. The first-order valence-corrected chi connectivity index (χ1v) is 5.96. The molecule has 6 heteroatoms. The summed E-state index contributed by atoms with van der Waals surface area (Å²) in [6, 6.07) is 9.50. The van der Waals surface area contributed by atoms with Crippen molar-refractivity contribution in [1.82, 2.24) is 0 Å². The third-order valence-electron chi connectivity index (χ3n) is 2.33. The van der Waals surface area contributed by atoms with Crippen molar-refractivity contribution in [3.05, 3.63) is 52.8 Å². The van der Waals surface area contributed by atoms with Gasteiger partial charge in [0, 0.05) is 10.0 Å². The minimum atomic E-state index is -4.73. The van der Waals surface area contributed by atoms with Crippen LogP contribution in [0.25, 0.3) is 11.1 Å². The van der Waals surface area contributed by atoms with Crippen LogP contribution in [0.2, 0.25) is 0 Å². The lowest BCUT2D eigenvalue weighted by Crippen LogP contribution is -2.16. The molecule has 0 aromatic heterocycles. The van der Waals surface area contributed by atoms with Crippen LogP contribution in [0.5, 0.6) is 5.75 Å². The molecule has 0 aliphatic heterocycles. The summed E-state index contributed by atoms with van der Waals surface area (Å²) in [5.41, 5.74) is 0.779. The van der Waals surface area contributed by atoms with Crippen LogP contribution in [0.15, 0.2) is 46.9 Å². The Morgan fingerprint density at radius 2 is 1.58 bits per heavy atom. The molecule has 0 aliphatic carbocycles. The molecule has 0 fully saturated rings. The molecule has 0 saturated carbocycles. The smallest absolute Gasteiger partial charge is 0.406 e. The molecule has 0 radical (unpaired) electrons. The van der Waals surface area contributed by atoms with Gasteiger partial charge in [-0.15, -0.1) is 13.2 Å². The maximum atomic E-state index is 13.7. The van der Waals surface area contributed by atoms with E-state index in [4.69, 9.17) is 0 Å². The average Bonchev–Trinajstić information content (AvgIpc) is 2.28. The first-order valence-electron chi connectivity index (χ1n) is 5.16. The number of alkyl halides is 3. The Hall–Kier alpha value is -1.56. The Morgan fingerprint density at radius 3 is 2.11 bits per heavy atom. The van der Waals surface area contributed by atoms with Crippen LogP contribution in [0.3, 0.4) is 0 Å². The number of rotatable bonds is 2. The summed E-state index contributed by atoms with van der Waals surface area (Å²) < 4.78 is 54.0. The van der Waals surface area contributed by atoms with Crippen LogP contribution in [0, 0.1) is 5.82 Å². The number of ether oxygens (including phenoxy) is 1. The number of halogens is 5. The zero-order chi connectivity index (χ0) is 14.0. The fourth-order valence-corrected chi connectivity index (χ4v) is 1.89. The lowest BCUT2D eigenvalue weighted by Gasteiger charge is -2.09. The third-order valence-corrected chi connectivity index (χ3v) is 2.82. The number of hydrogen-bond donors (Lipinski definition) is 0. The van der Waals surface area contributed by atoms with Crippen molar-refractivity contribution in [3.63, 3.8) is 0 Å². The summed E-state index contributed by atoms with van der Waals surface area (Å²) >= 11 is 3.13. The van der Waals surface area contributed by atoms with Crippen molar-refractivity contribution >= 4 is 15.9 Å². The van der Waals surface area contributed by atoms with Gasteiger partial charge in [-0.2, -0.15) is 0 Å². The molecule has 0 saturated heterocycles. The zero-order valence-corrected chi connectivity index (χ0v) is 10.9. The summed E-state index contributed by atoms with van der Waals surface area (Å²) in [5.74, 6) is -0.798. The molecule has 0 amide bonds. The van der Waals surface area contributed by atoms with Gasteiger partial charge in [-0.25, -0.2) is 4.39 Å². The molecule has 19 heavy (non-hydrogen) atoms. The second-order valence-corrected chi connectivity index (χ2v) is 4.61. The van der Waals surface area contributed by atoms with Crippen LogP contribution in [-0.4, -0.2) is 6.36 Å². The zero-order valence-electron chi connectivity index (χ0n) is 9.34. The fraction of sp³-hybridized carbons (Fsp3) is 0.0769. The van der Waals surface area contributed by atoms with Gasteiger partial charge in [-0.3, -0.25) is 0 Å². The van der Waals surface area contributed by atoms with Gasteiger partial charge in [-0.1, -0.05) is 34.1 Å². The monoisotopic (exact) mass is 334 g/mol. The highest BCUT2D eigenvalue weighted by atomic mass is 79.9. The molecule has 2 aromatic carbocycles. The molecule has 2 rings (SSSR count). The van der Waals surface area contributed by atoms with Gasteiger partial charge in [0.1, 0.15) is 11.6 Å². The van der Waals surface area contributed by atoms with Crippen LogP contribution in [-0.2, 0) is 0 Å². The summed E-state index contributed by atoms with van der Waals surface area (Å²) in [4.78, 5) is 0. The maximum absolute atomic E-state index is 13.7. The predicted molar refractivity (Wildman–Crippen MR) is 66.2 cm³/mol. The second kappa shape index (κ2) is 5.21. The first-order chi connectivity index (χ1) is 8.85. The van der Waals surface area contributed by atoms with E-state index in [-0.39, 0.29) is 5.75 Å². The molecule has 0 atom stereocenters. The van der Waals surface area contributed by atoms with E-state index in [1.807, 2.05) is 0 Å². The summed E-state index contributed by atoms with van der Waals surface area (Å²) in [6.45, 7) is 0. The fourth-order valence-electron chi connectivity index (χ4n) is 1.56. The largest absolute Gasteiger partial charge is 0.573 e. The van der Waals surface area contributed by atoms with Crippen LogP contribution < -0.4 is 4.74 Å². The third kappa shape index (κ3) is 3.70. The SMILES string of the molecule is Fc1cc(Br)ccc1-c1ccc(OC(F)(F)F)cc1. The standard InChI is InChI=1S/C13H7BrF4O/c14-9-3-6-11(12(15)7-9)8-1-4-10(5-2-8)19-13(16,17)18/h1-7H.